The number of nitro groups is 1. The zero-order chi connectivity index (χ0) is 15.2. The predicted molar refractivity (Wildman–Crippen MR) is 79.4 cm³/mol. The van der Waals surface area contributed by atoms with Crippen LogP contribution in [0, 0.1) is 10.1 Å². The highest BCUT2D eigenvalue weighted by Crippen LogP contribution is 2.21. The van der Waals surface area contributed by atoms with Crippen molar-refractivity contribution in [3.63, 3.8) is 0 Å². The van der Waals surface area contributed by atoms with E-state index in [1.54, 1.807) is 37.3 Å². The van der Waals surface area contributed by atoms with Gasteiger partial charge in [-0.15, -0.1) is 0 Å². The van der Waals surface area contributed by atoms with Gasteiger partial charge in [-0.05, 0) is 24.6 Å². The van der Waals surface area contributed by atoms with Gasteiger partial charge >= 0.3 is 0 Å². The number of nitro benzene ring substituents is 1. The molecule has 1 atom stereocenters. The number of para-hydroxylation sites is 1. The molecule has 0 heterocycles. The molecule has 0 aliphatic carbocycles. The molecule has 1 unspecified atom stereocenters. The molecule has 0 radical (unpaired) electrons. The maximum Gasteiger partial charge on any atom is 0.272 e. The third kappa shape index (κ3) is 4.03. The normalized spacial score (nSPS) is 11.9. The largest absolute Gasteiger partial charge is 0.493 e. The Morgan fingerprint density at radius 1 is 1.24 bits per heavy atom. The Balaban J connectivity index is 1.99. The molecule has 110 valence electrons. The summed E-state index contributed by atoms with van der Waals surface area (Å²) in [7, 11) is 0. The van der Waals surface area contributed by atoms with Gasteiger partial charge in [0.15, 0.2) is 0 Å². The van der Waals surface area contributed by atoms with Crippen molar-refractivity contribution < 1.29 is 14.8 Å². The smallest absolute Gasteiger partial charge is 0.272 e. The van der Waals surface area contributed by atoms with Crippen LogP contribution in [0.5, 0.6) is 5.75 Å². The summed E-state index contributed by atoms with van der Waals surface area (Å²) in [5.41, 5.74) is 1.53. The summed E-state index contributed by atoms with van der Waals surface area (Å²) in [6.07, 6.45) is -0.0976. The SMILES string of the molecule is CC(O)c1cccc(OCCc2ccccc2[N+](=O)[O-])c1. The second-order valence-electron chi connectivity index (χ2n) is 4.73. The topological polar surface area (TPSA) is 72.6 Å². The summed E-state index contributed by atoms with van der Waals surface area (Å²) in [5.74, 6) is 0.645. The van der Waals surface area contributed by atoms with E-state index in [1.165, 1.54) is 6.07 Å². The number of aliphatic hydroxyl groups is 1. The number of hydrogen-bond acceptors (Lipinski definition) is 4. The van der Waals surface area contributed by atoms with Crippen LogP contribution in [0.2, 0.25) is 0 Å². The molecule has 0 aliphatic heterocycles. The number of nitrogens with zero attached hydrogens (tertiary/aromatic N) is 1. The number of hydrogen-bond donors (Lipinski definition) is 1. The van der Waals surface area contributed by atoms with E-state index in [0.717, 1.165) is 5.56 Å². The molecule has 0 aromatic heterocycles. The Morgan fingerprint density at radius 3 is 2.71 bits per heavy atom. The van der Waals surface area contributed by atoms with Crippen molar-refractivity contribution >= 4 is 5.69 Å². The maximum absolute atomic E-state index is 10.9. The highest BCUT2D eigenvalue weighted by Gasteiger charge is 2.12. The molecule has 0 aliphatic rings. The van der Waals surface area contributed by atoms with Crippen LogP contribution in [0.15, 0.2) is 48.5 Å². The Morgan fingerprint density at radius 2 is 2.00 bits per heavy atom. The first-order valence-corrected chi connectivity index (χ1v) is 6.71. The minimum Gasteiger partial charge on any atom is -0.493 e. The molecule has 0 spiro atoms. The van der Waals surface area contributed by atoms with Crippen LogP contribution in [0.3, 0.4) is 0 Å². The summed E-state index contributed by atoms with van der Waals surface area (Å²) < 4.78 is 5.60. The van der Waals surface area contributed by atoms with Crippen LogP contribution >= 0.6 is 0 Å². The first-order chi connectivity index (χ1) is 10.1. The molecule has 0 fully saturated rings. The summed E-state index contributed by atoms with van der Waals surface area (Å²) in [5, 5.41) is 20.4. The summed E-state index contributed by atoms with van der Waals surface area (Å²) >= 11 is 0. The van der Waals surface area contributed by atoms with Crippen molar-refractivity contribution in [2.45, 2.75) is 19.4 Å². The Kier molecular flexibility index (Phi) is 4.90. The number of rotatable bonds is 6. The lowest BCUT2D eigenvalue weighted by atomic mass is 10.1. The van der Waals surface area contributed by atoms with E-state index >= 15 is 0 Å². The molecule has 0 saturated heterocycles. The monoisotopic (exact) mass is 287 g/mol. The average molecular weight is 287 g/mol. The zero-order valence-electron chi connectivity index (χ0n) is 11.7. The lowest BCUT2D eigenvalue weighted by molar-refractivity contribution is -0.385. The molecule has 0 bridgehead atoms. The Hall–Kier alpha value is -2.40. The summed E-state index contributed by atoms with van der Waals surface area (Å²) in [6.45, 7) is 2.03. The van der Waals surface area contributed by atoms with E-state index in [0.29, 0.717) is 24.3 Å². The van der Waals surface area contributed by atoms with E-state index in [-0.39, 0.29) is 10.6 Å². The number of ether oxygens (including phenoxy) is 1. The van der Waals surface area contributed by atoms with Gasteiger partial charge in [0, 0.05) is 18.1 Å². The average Bonchev–Trinajstić information content (AvgIpc) is 2.48. The number of benzene rings is 2. The highest BCUT2D eigenvalue weighted by molar-refractivity contribution is 5.40. The van der Waals surface area contributed by atoms with Gasteiger partial charge in [-0.25, -0.2) is 0 Å². The highest BCUT2D eigenvalue weighted by atomic mass is 16.6. The molecule has 5 heteroatoms. The van der Waals surface area contributed by atoms with Gasteiger partial charge in [0.25, 0.3) is 5.69 Å². The fourth-order valence-electron chi connectivity index (χ4n) is 2.04. The molecule has 21 heavy (non-hydrogen) atoms. The first kappa shape index (κ1) is 15.0. The van der Waals surface area contributed by atoms with E-state index in [2.05, 4.69) is 0 Å². The van der Waals surface area contributed by atoms with Gasteiger partial charge in [0.1, 0.15) is 5.75 Å². The molecule has 0 saturated carbocycles. The minimum atomic E-state index is -0.552. The molecule has 0 amide bonds. The molecule has 2 aromatic rings. The third-order valence-corrected chi connectivity index (χ3v) is 3.17. The second-order valence-corrected chi connectivity index (χ2v) is 4.73. The van der Waals surface area contributed by atoms with Crippen LogP contribution in [0.1, 0.15) is 24.2 Å². The fourth-order valence-corrected chi connectivity index (χ4v) is 2.04. The van der Waals surface area contributed by atoms with Gasteiger partial charge < -0.3 is 9.84 Å². The van der Waals surface area contributed by atoms with E-state index in [9.17, 15) is 15.2 Å². The van der Waals surface area contributed by atoms with E-state index < -0.39 is 6.10 Å². The van der Waals surface area contributed by atoms with Crippen molar-refractivity contribution in [3.8, 4) is 5.75 Å². The number of aliphatic hydroxyl groups excluding tert-OH is 1. The van der Waals surface area contributed by atoms with Crippen LogP contribution in [-0.4, -0.2) is 16.6 Å². The van der Waals surface area contributed by atoms with Crippen LogP contribution < -0.4 is 4.74 Å². The second kappa shape index (κ2) is 6.85. The molecule has 1 N–H and O–H groups in total. The third-order valence-electron chi connectivity index (χ3n) is 3.17. The maximum atomic E-state index is 10.9. The van der Waals surface area contributed by atoms with Crippen molar-refractivity contribution in [2.24, 2.45) is 0 Å². The van der Waals surface area contributed by atoms with Crippen molar-refractivity contribution in [1.29, 1.82) is 0 Å². The molecule has 2 aromatic carbocycles. The van der Waals surface area contributed by atoms with Crippen LogP contribution in [-0.2, 0) is 6.42 Å². The lowest BCUT2D eigenvalue weighted by Crippen LogP contribution is -2.04. The van der Waals surface area contributed by atoms with Gasteiger partial charge in [-0.1, -0.05) is 30.3 Å². The van der Waals surface area contributed by atoms with Gasteiger partial charge in [-0.3, -0.25) is 10.1 Å². The minimum absolute atomic E-state index is 0.110. The van der Waals surface area contributed by atoms with Gasteiger partial charge in [-0.2, -0.15) is 0 Å². The quantitative estimate of drug-likeness (QED) is 0.653. The van der Waals surface area contributed by atoms with Gasteiger partial charge in [0.05, 0.1) is 17.6 Å². The zero-order valence-corrected chi connectivity index (χ0v) is 11.7. The first-order valence-electron chi connectivity index (χ1n) is 6.71. The van der Waals surface area contributed by atoms with Crippen LogP contribution in [0.4, 0.5) is 5.69 Å². The van der Waals surface area contributed by atoms with Gasteiger partial charge in [0.2, 0.25) is 0 Å². The standard InChI is InChI=1S/C16H17NO4/c1-12(18)14-6-4-7-15(11-14)21-10-9-13-5-2-3-8-16(13)17(19)20/h2-8,11-12,18H,9-10H2,1H3. The molecular formula is C16H17NO4. The Labute approximate surface area is 123 Å². The molecule has 2 rings (SSSR count). The Bertz CT molecular complexity index is 625. The molecular weight excluding hydrogens is 270 g/mol. The fraction of sp³-hybridized carbons (Fsp3) is 0.250. The van der Waals surface area contributed by atoms with E-state index in [4.69, 9.17) is 4.74 Å². The van der Waals surface area contributed by atoms with Crippen LogP contribution in [0.25, 0.3) is 0 Å². The predicted octanol–water partition coefficient (Wildman–Crippen LogP) is 3.27. The summed E-state index contributed by atoms with van der Waals surface area (Å²) in [4.78, 5) is 10.5. The van der Waals surface area contributed by atoms with E-state index in [1.807, 2.05) is 12.1 Å². The van der Waals surface area contributed by atoms with Crippen molar-refractivity contribution in [1.82, 2.24) is 0 Å². The van der Waals surface area contributed by atoms with Crippen molar-refractivity contribution in [2.75, 3.05) is 6.61 Å². The summed E-state index contributed by atoms with van der Waals surface area (Å²) in [6, 6.07) is 13.8. The lowest BCUT2D eigenvalue weighted by Gasteiger charge is -2.09. The van der Waals surface area contributed by atoms with Crippen molar-refractivity contribution in [3.05, 3.63) is 69.8 Å². The molecule has 5 nitrogen and oxygen atoms in total.